The van der Waals surface area contributed by atoms with Gasteiger partial charge in [0.1, 0.15) is 17.5 Å². The molecular weight excluding hydrogens is 418 g/mol. The highest BCUT2D eigenvalue weighted by atomic mass is 79.9. The van der Waals surface area contributed by atoms with Crippen molar-refractivity contribution < 1.29 is 0 Å². The fourth-order valence-corrected chi connectivity index (χ4v) is 3.16. The SMILES string of the molecule is N#Cc1c(-c2cccc(Br)c2)cc(-c2cccc(Br)c2)nc1N. The van der Waals surface area contributed by atoms with E-state index < -0.39 is 0 Å². The monoisotopic (exact) mass is 427 g/mol. The summed E-state index contributed by atoms with van der Waals surface area (Å²) in [6.07, 6.45) is 0. The number of benzene rings is 2. The Hall–Kier alpha value is -2.16. The van der Waals surface area contributed by atoms with E-state index in [-0.39, 0.29) is 5.82 Å². The molecule has 0 spiro atoms. The molecular formula is C18H11Br2N3. The molecule has 0 saturated carbocycles. The molecule has 0 aliphatic heterocycles. The molecule has 0 fully saturated rings. The molecule has 3 nitrogen and oxygen atoms in total. The number of nitrogens with two attached hydrogens (primary N) is 1. The van der Waals surface area contributed by atoms with Gasteiger partial charge in [0.25, 0.3) is 0 Å². The Morgan fingerprint density at radius 2 is 1.52 bits per heavy atom. The first-order valence-corrected chi connectivity index (χ1v) is 8.39. The molecule has 3 rings (SSSR count). The highest BCUT2D eigenvalue weighted by Gasteiger charge is 2.13. The summed E-state index contributed by atoms with van der Waals surface area (Å²) in [7, 11) is 0. The number of nitrogen functional groups attached to an aromatic ring is 1. The summed E-state index contributed by atoms with van der Waals surface area (Å²) in [5.74, 6) is 0.236. The van der Waals surface area contributed by atoms with E-state index >= 15 is 0 Å². The molecule has 2 aromatic carbocycles. The maximum atomic E-state index is 9.45. The van der Waals surface area contributed by atoms with Crippen LogP contribution in [0.25, 0.3) is 22.4 Å². The molecule has 23 heavy (non-hydrogen) atoms. The third-order valence-electron chi connectivity index (χ3n) is 3.42. The summed E-state index contributed by atoms with van der Waals surface area (Å²) in [5.41, 5.74) is 9.78. The van der Waals surface area contributed by atoms with Crippen molar-refractivity contribution in [3.05, 3.63) is 69.1 Å². The van der Waals surface area contributed by atoms with Gasteiger partial charge in [0, 0.05) is 20.1 Å². The molecule has 1 heterocycles. The van der Waals surface area contributed by atoms with Crippen molar-refractivity contribution in [3.8, 4) is 28.5 Å². The van der Waals surface area contributed by atoms with Crippen LogP contribution in [0.2, 0.25) is 0 Å². The van der Waals surface area contributed by atoms with Crippen LogP contribution in [0.4, 0.5) is 5.82 Å². The average Bonchev–Trinajstić information content (AvgIpc) is 2.54. The smallest absolute Gasteiger partial charge is 0.142 e. The van der Waals surface area contributed by atoms with Gasteiger partial charge in [-0.3, -0.25) is 0 Å². The third-order valence-corrected chi connectivity index (χ3v) is 4.40. The summed E-state index contributed by atoms with van der Waals surface area (Å²) in [6.45, 7) is 0. The van der Waals surface area contributed by atoms with Crippen molar-refractivity contribution in [2.45, 2.75) is 0 Å². The largest absolute Gasteiger partial charge is 0.383 e. The molecule has 0 aliphatic carbocycles. The first-order valence-electron chi connectivity index (χ1n) is 6.81. The second-order valence-electron chi connectivity index (χ2n) is 4.95. The Morgan fingerprint density at radius 1 is 0.913 bits per heavy atom. The lowest BCUT2D eigenvalue weighted by molar-refractivity contribution is 1.31. The maximum Gasteiger partial charge on any atom is 0.142 e. The average molecular weight is 429 g/mol. The summed E-state index contributed by atoms with van der Waals surface area (Å²) < 4.78 is 1.90. The van der Waals surface area contributed by atoms with Gasteiger partial charge in [-0.25, -0.2) is 4.98 Å². The van der Waals surface area contributed by atoms with Crippen LogP contribution in [-0.4, -0.2) is 4.98 Å². The third kappa shape index (κ3) is 3.29. The number of nitriles is 1. The number of rotatable bonds is 2. The van der Waals surface area contributed by atoms with Gasteiger partial charge in [-0.15, -0.1) is 0 Å². The van der Waals surface area contributed by atoms with E-state index in [1.54, 1.807) is 0 Å². The summed E-state index contributed by atoms with van der Waals surface area (Å²) in [4.78, 5) is 4.39. The number of hydrogen-bond donors (Lipinski definition) is 1. The number of aromatic nitrogens is 1. The number of pyridine rings is 1. The van der Waals surface area contributed by atoms with Crippen molar-refractivity contribution >= 4 is 37.7 Å². The number of nitrogens with zero attached hydrogens (tertiary/aromatic N) is 2. The summed E-state index contributed by atoms with van der Waals surface area (Å²) >= 11 is 6.92. The van der Waals surface area contributed by atoms with Crippen LogP contribution in [0.3, 0.4) is 0 Å². The topological polar surface area (TPSA) is 62.7 Å². The van der Waals surface area contributed by atoms with E-state index in [0.29, 0.717) is 5.56 Å². The lowest BCUT2D eigenvalue weighted by Gasteiger charge is -2.11. The van der Waals surface area contributed by atoms with Gasteiger partial charge in [-0.1, -0.05) is 56.1 Å². The van der Waals surface area contributed by atoms with Crippen LogP contribution >= 0.6 is 31.9 Å². The van der Waals surface area contributed by atoms with Crippen LogP contribution in [0.15, 0.2) is 63.5 Å². The zero-order valence-electron chi connectivity index (χ0n) is 11.9. The fourth-order valence-electron chi connectivity index (χ4n) is 2.36. The predicted molar refractivity (Wildman–Crippen MR) is 99.6 cm³/mol. The van der Waals surface area contributed by atoms with E-state index in [9.17, 15) is 5.26 Å². The fraction of sp³-hybridized carbons (Fsp3) is 0. The second kappa shape index (κ2) is 6.53. The molecule has 5 heteroatoms. The standard InChI is InChI=1S/C18H11Br2N3/c19-13-5-1-3-11(7-13)15-9-17(23-18(22)16(15)10-21)12-4-2-6-14(20)8-12/h1-9H,(H2,22,23). The Balaban J connectivity index is 2.25. The summed E-state index contributed by atoms with van der Waals surface area (Å²) in [6, 6.07) is 19.7. The molecule has 0 aliphatic rings. The highest BCUT2D eigenvalue weighted by molar-refractivity contribution is 9.10. The highest BCUT2D eigenvalue weighted by Crippen LogP contribution is 2.32. The molecule has 0 radical (unpaired) electrons. The van der Waals surface area contributed by atoms with Gasteiger partial charge >= 0.3 is 0 Å². The minimum Gasteiger partial charge on any atom is -0.383 e. The summed E-state index contributed by atoms with van der Waals surface area (Å²) in [5, 5.41) is 9.45. The van der Waals surface area contributed by atoms with E-state index in [1.165, 1.54) is 0 Å². The molecule has 0 bridgehead atoms. The van der Waals surface area contributed by atoms with E-state index in [0.717, 1.165) is 31.3 Å². The van der Waals surface area contributed by atoms with Crippen molar-refractivity contribution in [1.29, 1.82) is 5.26 Å². The van der Waals surface area contributed by atoms with E-state index in [2.05, 4.69) is 42.9 Å². The first-order chi connectivity index (χ1) is 11.1. The molecule has 0 atom stereocenters. The van der Waals surface area contributed by atoms with E-state index in [1.807, 2.05) is 54.6 Å². The van der Waals surface area contributed by atoms with Crippen LogP contribution < -0.4 is 5.73 Å². The number of halogens is 2. The van der Waals surface area contributed by atoms with E-state index in [4.69, 9.17) is 5.73 Å². The van der Waals surface area contributed by atoms with Gasteiger partial charge in [-0.05, 0) is 35.9 Å². The van der Waals surface area contributed by atoms with Gasteiger partial charge in [0.15, 0.2) is 0 Å². The van der Waals surface area contributed by atoms with Gasteiger partial charge < -0.3 is 5.73 Å². The Bertz CT molecular complexity index is 930. The van der Waals surface area contributed by atoms with Gasteiger partial charge in [-0.2, -0.15) is 5.26 Å². The molecule has 0 amide bonds. The Kier molecular flexibility index (Phi) is 4.46. The molecule has 2 N–H and O–H groups in total. The van der Waals surface area contributed by atoms with Crippen LogP contribution in [-0.2, 0) is 0 Å². The quantitative estimate of drug-likeness (QED) is 0.594. The van der Waals surface area contributed by atoms with Crippen molar-refractivity contribution in [2.75, 3.05) is 5.73 Å². The molecule has 3 aromatic rings. The zero-order chi connectivity index (χ0) is 16.4. The predicted octanol–water partition coefficient (Wildman–Crippen LogP) is 5.39. The van der Waals surface area contributed by atoms with Crippen LogP contribution in [0.5, 0.6) is 0 Å². The van der Waals surface area contributed by atoms with Gasteiger partial charge in [0.2, 0.25) is 0 Å². The lowest BCUT2D eigenvalue weighted by Crippen LogP contribution is -1.99. The minimum absolute atomic E-state index is 0.236. The van der Waals surface area contributed by atoms with Gasteiger partial charge in [0.05, 0.1) is 5.69 Å². The van der Waals surface area contributed by atoms with Crippen molar-refractivity contribution in [3.63, 3.8) is 0 Å². The zero-order valence-corrected chi connectivity index (χ0v) is 15.1. The molecule has 1 aromatic heterocycles. The lowest BCUT2D eigenvalue weighted by atomic mass is 9.98. The molecule has 0 saturated heterocycles. The van der Waals surface area contributed by atoms with Crippen LogP contribution in [0, 0.1) is 11.3 Å². The van der Waals surface area contributed by atoms with Crippen LogP contribution in [0.1, 0.15) is 5.56 Å². The minimum atomic E-state index is 0.236. The normalized spacial score (nSPS) is 10.3. The molecule has 112 valence electrons. The Morgan fingerprint density at radius 3 is 2.13 bits per heavy atom. The Labute approximate surface area is 151 Å². The number of anilines is 1. The first kappa shape index (κ1) is 15.7. The van der Waals surface area contributed by atoms with Crippen molar-refractivity contribution in [2.24, 2.45) is 0 Å². The number of hydrogen-bond acceptors (Lipinski definition) is 3. The maximum absolute atomic E-state index is 9.45. The van der Waals surface area contributed by atoms with Crippen molar-refractivity contribution in [1.82, 2.24) is 4.98 Å². The second-order valence-corrected chi connectivity index (χ2v) is 6.78. The molecule has 0 unspecified atom stereocenters.